The topological polar surface area (TPSA) is 29.3 Å². The minimum Gasteiger partial charge on any atom is -0.398 e. The van der Waals surface area contributed by atoms with Gasteiger partial charge in [-0.2, -0.15) is 0 Å². The summed E-state index contributed by atoms with van der Waals surface area (Å²) in [5.41, 5.74) is 9.56. The van der Waals surface area contributed by atoms with Crippen LogP contribution in [-0.2, 0) is 6.54 Å². The predicted octanol–water partition coefficient (Wildman–Crippen LogP) is 2.95. The number of nitrogens with zero attached hydrogens (tertiary/aromatic N) is 1. The van der Waals surface area contributed by atoms with Crippen LogP contribution in [0, 0.1) is 6.92 Å². The summed E-state index contributed by atoms with van der Waals surface area (Å²) in [5.74, 6) is 0. The molecule has 2 heteroatoms. The minimum absolute atomic E-state index is 0.764. The van der Waals surface area contributed by atoms with Crippen LogP contribution in [0.3, 0.4) is 0 Å². The molecule has 0 spiro atoms. The Labute approximate surface area is 98.4 Å². The van der Waals surface area contributed by atoms with Gasteiger partial charge >= 0.3 is 0 Å². The van der Waals surface area contributed by atoms with Crippen molar-refractivity contribution in [1.29, 1.82) is 0 Å². The first-order valence-corrected chi connectivity index (χ1v) is 6.29. The number of likely N-dealkylation sites (tertiary alicyclic amines) is 1. The summed E-state index contributed by atoms with van der Waals surface area (Å²) >= 11 is 0. The Morgan fingerprint density at radius 3 is 3.00 bits per heavy atom. The van der Waals surface area contributed by atoms with E-state index in [0.717, 1.165) is 18.3 Å². The lowest BCUT2D eigenvalue weighted by Crippen LogP contribution is -2.28. The molecule has 2 N–H and O–H groups in total. The number of benzene rings is 1. The van der Waals surface area contributed by atoms with Crippen LogP contribution in [0.2, 0.25) is 0 Å². The molecule has 0 saturated carbocycles. The summed E-state index contributed by atoms with van der Waals surface area (Å²) in [7, 11) is 0. The fraction of sp³-hybridized carbons (Fsp3) is 0.571. The van der Waals surface area contributed by atoms with E-state index in [1.54, 1.807) is 0 Å². The van der Waals surface area contributed by atoms with E-state index in [4.69, 9.17) is 5.73 Å². The van der Waals surface area contributed by atoms with E-state index in [1.807, 2.05) is 6.07 Å². The first-order valence-electron chi connectivity index (χ1n) is 6.29. The van der Waals surface area contributed by atoms with Gasteiger partial charge in [0.15, 0.2) is 0 Å². The van der Waals surface area contributed by atoms with E-state index < -0.39 is 0 Å². The molecule has 1 fully saturated rings. The van der Waals surface area contributed by atoms with Gasteiger partial charge in [-0.15, -0.1) is 0 Å². The van der Waals surface area contributed by atoms with Gasteiger partial charge in [0, 0.05) is 18.3 Å². The van der Waals surface area contributed by atoms with Crippen molar-refractivity contribution in [2.75, 3.05) is 12.3 Å². The van der Waals surface area contributed by atoms with Crippen molar-refractivity contribution in [3.05, 3.63) is 29.3 Å². The molecule has 1 unspecified atom stereocenters. The van der Waals surface area contributed by atoms with Crippen molar-refractivity contribution in [2.24, 2.45) is 0 Å². The fourth-order valence-electron chi connectivity index (χ4n) is 2.66. The number of nitrogen functional groups attached to an aromatic ring is 1. The van der Waals surface area contributed by atoms with Crippen molar-refractivity contribution < 1.29 is 0 Å². The Bertz CT molecular complexity index is 360. The van der Waals surface area contributed by atoms with Crippen LogP contribution in [0.25, 0.3) is 0 Å². The molecule has 0 aromatic heterocycles. The summed E-state index contributed by atoms with van der Waals surface area (Å²) in [6.07, 6.45) is 3.94. The number of hydrogen-bond acceptors (Lipinski definition) is 2. The van der Waals surface area contributed by atoms with Crippen LogP contribution in [0.1, 0.15) is 37.3 Å². The van der Waals surface area contributed by atoms with Gasteiger partial charge in [0.05, 0.1) is 0 Å². The van der Waals surface area contributed by atoms with Crippen LogP contribution in [0.4, 0.5) is 5.69 Å². The summed E-state index contributed by atoms with van der Waals surface area (Å²) in [4.78, 5) is 2.57. The normalized spacial score (nSPS) is 21.5. The molecule has 2 nitrogen and oxygen atoms in total. The molecular formula is C14H22N2. The zero-order chi connectivity index (χ0) is 11.5. The molecule has 1 aliphatic rings. The molecule has 2 rings (SSSR count). The largest absolute Gasteiger partial charge is 0.398 e. The molecule has 0 radical (unpaired) electrons. The summed E-state index contributed by atoms with van der Waals surface area (Å²) in [5, 5.41) is 0. The van der Waals surface area contributed by atoms with Crippen LogP contribution in [0.15, 0.2) is 18.2 Å². The molecule has 1 aromatic carbocycles. The Morgan fingerprint density at radius 2 is 2.25 bits per heavy atom. The Balaban J connectivity index is 2.11. The first kappa shape index (κ1) is 11.5. The lowest BCUT2D eigenvalue weighted by Gasteiger charge is -2.24. The number of nitrogens with two attached hydrogens (primary N) is 1. The highest BCUT2D eigenvalue weighted by Gasteiger charge is 2.23. The third-order valence-corrected chi connectivity index (χ3v) is 3.64. The van der Waals surface area contributed by atoms with Crippen molar-refractivity contribution >= 4 is 5.69 Å². The molecule has 16 heavy (non-hydrogen) atoms. The van der Waals surface area contributed by atoms with Crippen LogP contribution >= 0.6 is 0 Å². The molecule has 1 heterocycles. The van der Waals surface area contributed by atoms with Crippen LogP contribution in [-0.4, -0.2) is 17.5 Å². The van der Waals surface area contributed by atoms with Crippen molar-refractivity contribution in [2.45, 2.75) is 45.7 Å². The molecular weight excluding hydrogens is 196 g/mol. The second kappa shape index (κ2) is 4.88. The third-order valence-electron chi connectivity index (χ3n) is 3.64. The molecule has 1 atom stereocenters. The number of aryl methyl sites for hydroxylation is 1. The summed E-state index contributed by atoms with van der Waals surface area (Å²) in [6, 6.07) is 7.10. The average molecular weight is 218 g/mol. The molecule has 0 aliphatic carbocycles. The summed E-state index contributed by atoms with van der Waals surface area (Å²) < 4.78 is 0. The minimum atomic E-state index is 0.764. The maximum atomic E-state index is 6.03. The van der Waals surface area contributed by atoms with Crippen LogP contribution < -0.4 is 5.73 Å². The number of hydrogen-bond donors (Lipinski definition) is 1. The third kappa shape index (κ3) is 2.38. The van der Waals surface area contributed by atoms with Gasteiger partial charge in [-0.25, -0.2) is 0 Å². The predicted molar refractivity (Wildman–Crippen MR) is 69.3 cm³/mol. The van der Waals surface area contributed by atoms with Gasteiger partial charge in [-0.05, 0) is 44.4 Å². The number of rotatable bonds is 3. The molecule has 1 aliphatic heterocycles. The zero-order valence-corrected chi connectivity index (χ0v) is 10.4. The van der Waals surface area contributed by atoms with E-state index in [9.17, 15) is 0 Å². The Morgan fingerprint density at radius 1 is 1.44 bits per heavy atom. The van der Waals surface area contributed by atoms with Gasteiger partial charge in [0.1, 0.15) is 0 Å². The monoisotopic (exact) mass is 218 g/mol. The van der Waals surface area contributed by atoms with Crippen molar-refractivity contribution in [1.82, 2.24) is 4.90 Å². The highest BCUT2D eigenvalue weighted by molar-refractivity contribution is 5.48. The second-order valence-corrected chi connectivity index (χ2v) is 4.88. The van der Waals surface area contributed by atoms with Gasteiger partial charge in [-0.3, -0.25) is 4.90 Å². The van der Waals surface area contributed by atoms with Crippen LogP contribution in [0.5, 0.6) is 0 Å². The van der Waals surface area contributed by atoms with Gasteiger partial charge in [-0.1, -0.05) is 24.6 Å². The lowest BCUT2D eigenvalue weighted by atomic mass is 10.1. The SMILES string of the molecule is CCC1CCCN1Cc1cc(C)ccc1N. The van der Waals surface area contributed by atoms with E-state index in [-0.39, 0.29) is 0 Å². The quantitative estimate of drug-likeness (QED) is 0.790. The molecule has 0 bridgehead atoms. The Hall–Kier alpha value is -1.02. The van der Waals surface area contributed by atoms with E-state index in [2.05, 4.69) is 30.9 Å². The lowest BCUT2D eigenvalue weighted by molar-refractivity contribution is 0.240. The van der Waals surface area contributed by atoms with Crippen molar-refractivity contribution in [3.63, 3.8) is 0 Å². The highest BCUT2D eigenvalue weighted by Crippen LogP contribution is 2.24. The van der Waals surface area contributed by atoms with E-state index in [1.165, 1.54) is 36.9 Å². The van der Waals surface area contributed by atoms with Crippen molar-refractivity contribution in [3.8, 4) is 0 Å². The fourth-order valence-corrected chi connectivity index (χ4v) is 2.66. The molecule has 1 aromatic rings. The van der Waals surface area contributed by atoms with E-state index >= 15 is 0 Å². The zero-order valence-electron chi connectivity index (χ0n) is 10.4. The Kier molecular flexibility index (Phi) is 3.49. The summed E-state index contributed by atoms with van der Waals surface area (Å²) in [6.45, 7) is 6.66. The maximum Gasteiger partial charge on any atom is 0.0359 e. The van der Waals surface area contributed by atoms with Gasteiger partial charge < -0.3 is 5.73 Å². The highest BCUT2D eigenvalue weighted by atomic mass is 15.2. The van der Waals surface area contributed by atoms with E-state index in [0.29, 0.717) is 0 Å². The van der Waals surface area contributed by atoms with Gasteiger partial charge in [0.25, 0.3) is 0 Å². The molecule has 1 saturated heterocycles. The maximum absolute atomic E-state index is 6.03. The molecule has 0 amide bonds. The average Bonchev–Trinajstić information content (AvgIpc) is 2.71. The first-order chi connectivity index (χ1) is 7.70. The van der Waals surface area contributed by atoms with Gasteiger partial charge in [0.2, 0.25) is 0 Å². The number of anilines is 1. The standard InChI is InChI=1S/C14H22N2/c1-3-13-5-4-8-16(13)10-12-9-11(2)6-7-14(12)15/h6-7,9,13H,3-5,8,10,15H2,1-2H3. The smallest absolute Gasteiger partial charge is 0.0359 e. The molecule has 88 valence electrons. The second-order valence-electron chi connectivity index (χ2n) is 4.88.